The number of nitrogens with one attached hydrogen (secondary N) is 1. The number of halogens is 1. The maximum absolute atomic E-state index is 13.3. The van der Waals surface area contributed by atoms with E-state index in [1.165, 1.54) is 12.1 Å². The lowest BCUT2D eigenvalue weighted by Crippen LogP contribution is -2.24. The van der Waals surface area contributed by atoms with E-state index in [1.54, 1.807) is 0 Å². The van der Waals surface area contributed by atoms with Crippen molar-refractivity contribution >= 4 is 0 Å². The molecular weight excluding hydrogens is 233 g/mol. The van der Waals surface area contributed by atoms with Crippen molar-refractivity contribution in [2.24, 2.45) is 0 Å². The number of likely N-dealkylation sites (N-methyl/N-ethyl adjacent to an activating group) is 1. The molecule has 0 saturated heterocycles. The minimum Gasteiger partial charge on any atom is -0.334 e. The van der Waals surface area contributed by atoms with Crippen LogP contribution in [0.4, 0.5) is 4.39 Å². The summed E-state index contributed by atoms with van der Waals surface area (Å²) in [5, 5.41) is 6.99. The van der Waals surface area contributed by atoms with Crippen LogP contribution in [0.25, 0.3) is 11.5 Å². The van der Waals surface area contributed by atoms with Gasteiger partial charge < -0.3 is 9.84 Å². The molecule has 1 aromatic heterocycles. The molecule has 0 saturated carbocycles. The second-order valence-corrected chi connectivity index (χ2v) is 4.43. The molecule has 0 aliphatic carbocycles. The molecule has 2 rings (SSSR count). The normalized spacial score (nSPS) is 12.7. The fourth-order valence-electron chi connectivity index (χ4n) is 1.69. The van der Waals surface area contributed by atoms with E-state index in [4.69, 9.17) is 4.52 Å². The van der Waals surface area contributed by atoms with Crippen LogP contribution in [0.15, 0.2) is 22.7 Å². The van der Waals surface area contributed by atoms with Crippen LogP contribution in [0.3, 0.4) is 0 Å². The van der Waals surface area contributed by atoms with Gasteiger partial charge in [-0.1, -0.05) is 5.16 Å². The lowest BCUT2D eigenvalue weighted by atomic mass is 10.1. The first-order valence-corrected chi connectivity index (χ1v) is 5.86. The maximum atomic E-state index is 13.3. The van der Waals surface area contributed by atoms with Crippen LogP contribution in [0, 0.1) is 12.7 Å². The quantitative estimate of drug-likeness (QED) is 0.903. The molecule has 0 radical (unpaired) electrons. The van der Waals surface area contributed by atoms with Gasteiger partial charge in [-0.25, -0.2) is 4.39 Å². The van der Waals surface area contributed by atoms with E-state index in [-0.39, 0.29) is 11.9 Å². The molecule has 0 amide bonds. The van der Waals surface area contributed by atoms with Gasteiger partial charge in [0.25, 0.3) is 5.89 Å². The Bertz CT molecular complexity index is 519. The van der Waals surface area contributed by atoms with E-state index < -0.39 is 0 Å². The molecule has 1 heterocycles. The molecule has 0 aliphatic heterocycles. The Kier molecular flexibility index (Phi) is 3.72. The second-order valence-electron chi connectivity index (χ2n) is 4.43. The summed E-state index contributed by atoms with van der Waals surface area (Å²) in [5.41, 5.74) is 1.44. The van der Waals surface area contributed by atoms with Gasteiger partial charge in [0.2, 0.25) is 0 Å². The molecule has 1 aromatic carbocycles. The molecule has 0 spiro atoms. The predicted octanol–water partition coefficient (Wildman–Crippen LogP) is 2.33. The zero-order valence-electron chi connectivity index (χ0n) is 10.7. The molecule has 0 bridgehead atoms. The first kappa shape index (κ1) is 12.7. The van der Waals surface area contributed by atoms with Crippen LogP contribution in [-0.2, 0) is 6.42 Å². The summed E-state index contributed by atoms with van der Waals surface area (Å²) in [6, 6.07) is 4.95. The second kappa shape index (κ2) is 5.27. The van der Waals surface area contributed by atoms with E-state index in [0.29, 0.717) is 23.7 Å². The van der Waals surface area contributed by atoms with Crippen LogP contribution in [0.1, 0.15) is 18.3 Å². The standard InChI is InChI=1S/C13H16FN3O/c1-8-4-10(7-11(14)5-8)13-16-12(17-18-13)6-9(2)15-3/h4-5,7,9,15H,6H2,1-3H3. The predicted molar refractivity (Wildman–Crippen MR) is 66.7 cm³/mol. The third-order valence-corrected chi connectivity index (χ3v) is 2.74. The summed E-state index contributed by atoms with van der Waals surface area (Å²) in [5.74, 6) is 0.679. The highest BCUT2D eigenvalue weighted by atomic mass is 19.1. The van der Waals surface area contributed by atoms with E-state index in [1.807, 2.05) is 27.0 Å². The van der Waals surface area contributed by atoms with Gasteiger partial charge in [-0.05, 0) is 44.7 Å². The van der Waals surface area contributed by atoms with Crippen molar-refractivity contribution in [2.75, 3.05) is 7.05 Å². The third-order valence-electron chi connectivity index (χ3n) is 2.74. The van der Waals surface area contributed by atoms with Crippen molar-refractivity contribution < 1.29 is 8.91 Å². The van der Waals surface area contributed by atoms with Crippen molar-refractivity contribution in [2.45, 2.75) is 26.3 Å². The lowest BCUT2D eigenvalue weighted by Gasteiger charge is -2.04. The summed E-state index contributed by atoms with van der Waals surface area (Å²) in [7, 11) is 1.88. The number of hydrogen-bond donors (Lipinski definition) is 1. The molecule has 18 heavy (non-hydrogen) atoms. The monoisotopic (exact) mass is 249 g/mol. The van der Waals surface area contributed by atoms with Crippen molar-refractivity contribution in [3.8, 4) is 11.5 Å². The summed E-state index contributed by atoms with van der Waals surface area (Å²) in [6.07, 6.45) is 0.675. The third kappa shape index (κ3) is 2.92. The molecule has 96 valence electrons. The summed E-state index contributed by atoms with van der Waals surface area (Å²) < 4.78 is 18.4. The van der Waals surface area contributed by atoms with Gasteiger partial charge in [0.1, 0.15) is 5.82 Å². The molecule has 1 N–H and O–H groups in total. The van der Waals surface area contributed by atoms with Gasteiger partial charge in [0.05, 0.1) is 0 Å². The molecule has 1 unspecified atom stereocenters. The van der Waals surface area contributed by atoms with Crippen LogP contribution in [0.2, 0.25) is 0 Å². The van der Waals surface area contributed by atoms with Crippen molar-refractivity contribution in [1.29, 1.82) is 0 Å². The molecular formula is C13H16FN3O. The van der Waals surface area contributed by atoms with Crippen molar-refractivity contribution in [1.82, 2.24) is 15.5 Å². The van der Waals surface area contributed by atoms with E-state index in [2.05, 4.69) is 15.5 Å². The van der Waals surface area contributed by atoms with Gasteiger partial charge in [0, 0.05) is 18.0 Å². The van der Waals surface area contributed by atoms with Gasteiger partial charge in [0.15, 0.2) is 5.82 Å². The number of rotatable bonds is 4. The van der Waals surface area contributed by atoms with Gasteiger partial charge >= 0.3 is 0 Å². The van der Waals surface area contributed by atoms with Gasteiger partial charge in [-0.2, -0.15) is 4.98 Å². The van der Waals surface area contributed by atoms with E-state index >= 15 is 0 Å². The van der Waals surface area contributed by atoms with Gasteiger partial charge in [-0.15, -0.1) is 0 Å². The summed E-state index contributed by atoms with van der Waals surface area (Å²) in [6.45, 7) is 3.86. The molecule has 1 atom stereocenters. The molecule has 2 aromatic rings. The SMILES string of the molecule is CNC(C)Cc1noc(-c2cc(C)cc(F)c2)n1. The van der Waals surface area contributed by atoms with Crippen LogP contribution in [-0.4, -0.2) is 23.2 Å². The number of hydrogen-bond acceptors (Lipinski definition) is 4. The number of aryl methyl sites for hydroxylation is 1. The van der Waals surface area contributed by atoms with Crippen molar-refractivity contribution in [3.05, 3.63) is 35.4 Å². The highest BCUT2D eigenvalue weighted by molar-refractivity contribution is 5.54. The Balaban J connectivity index is 2.23. The Morgan fingerprint density at radius 1 is 1.39 bits per heavy atom. The average molecular weight is 249 g/mol. The topological polar surface area (TPSA) is 51.0 Å². The lowest BCUT2D eigenvalue weighted by molar-refractivity contribution is 0.418. The fraction of sp³-hybridized carbons (Fsp3) is 0.385. The Morgan fingerprint density at radius 3 is 2.83 bits per heavy atom. The largest absolute Gasteiger partial charge is 0.334 e. The number of aromatic nitrogens is 2. The molecule has 0 fully saturated rings. The fourth-order valence-corrected chi connectivity index (χ4v) is 1.69. The summed E-state index contributed by atoms with van der Waals surface area (Å²) in [4.78, 5) is 4.27. The first-order valence-electron chi connectivity index (χ1n) is 5.86. The summed E-state index contributed by atoms with van der Waals surface area (Å²) >= 11 is 0. The van der Waals surface area contributed by atoms with Crippen LogP contribution >= 0.6 is 0 Å². The Morgan fingerprint density at radius 2 is 2.17 bits per heavy atom. The highest BCUT2D eigenvalue weighted by Gasteiger charge is 2.12. The molecule has 4 nitrogen and oxygen atoms in total. The average Bonchev–Trinajstić information content (AvgIpc) is 2.76. The minimum atomic E-state index is -0.298. The number of benzene rings is 1. The molecule has 0 aliphatic rings. The zero-order valence-corrected chi connectivity index (χ0v) is 10.7. The Labute approximate surface area is 105 Å². The Hall–Kier alpha value is -1.75. The molecule has 5 heteroatoms. The number of nitrogens with zero attached hydrogens (tertiary/aromatic N) is 2. The minimum absolute atomic E-state index is 0.268. The van der Waals surface area contributed by atoms with E-state index in [0.717, 1.165) is 5.56 Å². The first-order chi connectivity index (χ1) is 8.58. The van der Waals surface area contributed by atoms with E-state index in [9.17, 15) is 4.39 Å². The van der Waals surface area contributed by atoms with Gasteiger partial charge in [-0.3, -0.25) is 0 Å². The van der Waals surface area contributed by atoms with Crippen molar-refractivity contribution in [3.63, 3.8) is 0 Å². The van der Waals surface area contributed by atoms with Crippen LogP contribution < -0.4 is 5.32 Å². The highest BCUT2D eigenvalue weighted by Crippen LogP contribution is 2.20. The van der Waals surface area contributed by atoms with Crippen LogP contribution in [0.5, 0.6) is 0 Å². The smallest absolute Gasteiger partial charge is 0.258 e. The zero-order chi connectivity index (χ0) is 13.1. The maximum Gasteiger partial charge on any atom is 0.258 e.